The van der Waals surface area contributed by atoms with Gasteiger partial charge in [-0.05, 0) is 51.0 Å². The summed E-state index contributed by atoms with van der Waals surface area (Å²) in [5.41, 5.74) is 1.84. The number of benzene rings is 1. The van der Waals surface area contributed by atoms with Gasteiger partial charge in [-0.25, -0.2) is 9.59 Å². The summed E-state index contributed by atoms with van der Waals surface area (Å²) in [6.45, 7) is 9.10. The number of nitrogens with one attached hydrogen (secondary N) is 2. The largest absolute Gasteiger partial charge is 0.464 e. The highest BCUT2D eigenvalue weighted by molar-refractivity contribution is 6.26. The van der Waals surface area contributed by atoms with E-state index in [9.17, 15) is 28.8 Å². The Morgan fingerprint density at radius 2 is 1.06 bits per heavy atom. The standard InChI is InChI=1S/C26H32N2O8/c1-7-35-25(33)21(27-15(5)29)11-17-9-19-20(24(32)14(4)13(3)23(19)31)10-18(17)12-22(28-16(6)30)26(34)36-8-2/h9-10,21-22H,7-8,11-12H2,1-6H3,(H,27,29)(H,28,30)/t21-,22+. The third kappa shape index (κ3) is 6.65. The van der Waals surface area contributed by atoms with Crippen LogP contribution in [0.1, 0.15) is 73.4 Å². The Hall–Kier alpha value is -3.82. The number of ether oxygens (including phenoxy) is 2. The number of carbonyl (C=O) groups is 6. The van der Waals surface area contributed by atoms with Crippen molar-refractivity contribution in [1.29, 1.82) is 0 Å². The van der Waals surface area contributed by atoms with Crippen molar-refractivity contribution in [1.82, 2.24) is 10.6 Å². The molecule has 2 rings (SSSR count). The smallest absolute Gasteiger partial charge is 0.328 e. The van der Waals surface area contributed by atoms with Crippen LogP contribution in [0.15, 0.2) is 23.3 Å². The zero-order valence-corrected chi connectivity index (χ0v) is 21.4. The molecule has 0 spiro atoms. The molecule has 2 N–H and O–H groups in total. The van der Waals surface area contributed by atoms with E-state index in [4.69, 9.17) is 9.47 Å². The first-order valence-corrected chi connectivity index (χ1v) is 11.7. The maximum Gasteiger partial charge on any atom is 0.328 e. The summed E-state index contributed by atoms with van der Waals surface area (Å²) < 4.78 is 10.2. The molecule has 1 aliphatic carbocycles. The predicted molar refractivity (Wildman–Crippen MR) is 129 cm³/mol. The molecule has 1 aliphatic rings. The lowest BCUT2D eigenvalue weighted by Crippen LogP contribution is -2.44. The van der Waals surface area contributed by atoms with Crippen LogP contribution in [-0.2, 0) is 41.5 Å². The van der Waals surface area contributed by atoms with Crippen LogP contribution in [-0.4, -0.2) is 60.6 Å². The lowest BCUT2D eigenvalue weighted by Gasteiger charge is -2.24. The molecule has 0 saturated heterocycles. The number of esters is 2. The highest BCUT2D eigenvalue weighted by atomic mass is 16.5. The quantitative estimate of drug-likeness (QED) is 0.461. The van der Waals surface area contributed by atoms with Gasteiger partial charge in [0.15, 0.2) is 11.6 Å². The van der Waals surface area contributed by atoms with Crippen molar-refractivity contribution in [3.8, 4) is 0 Å². The van der Waals surface area contributed by atoms with Gasteiger partial charge in [0, 0.05) is 49.0 Å². The van der Waals surface area contributed by atoms with Gasteiger partial charge in [-0.3, -0.25) is 19.2 Å². The zero-order valence-electron chi connectivity index (χ0n) is 21.4. The number of Topliss-reactive ketones (excluding diaryl/α,β-unsaturated/α-hetero) is 2. The zero-order chi connectivity index (χ0) is 27.2. The van der Waals surface area contributed by atoms with Gasteiger partial charge in [-0.15, -0.1) is 0 Å². The van der Waals surface area contributed by atoms with E-state index >= 15 is 0 Å². The second-order valence-corrected chi connectivity index (χ2v) is 8.49. The molecule has 0 aromatic heterocycles. The molecule has 2 atom stereocenters. The lowest BCUT2D eigenvalue weighted by atomic mass is 9.81. The summed E-state index contributed by atoms with van der Waals surface area (Å²) in [6, 6.07) is 0.859. The first-order chi connectivity index (χ1) is 16.9. The monoisotopic (exact) mass is 500 g/mol. The molecule has 194 valence electrons. The minimum absolute atomic E-state index is 0.0696. The summed E-state index contributed by atoms with van der Waals surface area (Å²) >= 11 is 0. The number of carbonyl (C=O) groups excluding carboxylic acids is 6. The van der Waals surface area contributed by atoms with Crippen LogP contribution in [0, 0.1) is 0 Å². The van der Waals surface area contributed by atoms with Crippen LogP contribution in [0.4, 0.5) is 0 Å². The molecular formula is C26H32N2O8. The van der Waals surface area contributed by atoms with Crippen LogP contribution in [0.5, 0.6) is 0 Å². The Labute approximate surface area is 209 Å². The van der Waals surface area contributed by atoms with E-state index < -0.39 is 35.8 Å². The third-order valence-corrected chi connectivity index (χ3v) is 5.82. The highest BCUT2D eigenvalue weighted by Gasteiger charge is 2.32. The number of fused-ring (bicyclic) bond motifs is 1. The van der Waals surface area contributed by atoms with Gasteiger partial charge >= 0.3 is 11.9 Å². The maximum atomic E-state index is 13.0. The summed E-state index contributed by atoms with van der Waals surface area (Å²) in [7, 11) is 0. The van der Waals surface area contributed by atoms with Crippen molar-refractivity contribution in [2.45, 2.75) is 66.5 Å². The van der Waals surface area contributed by atoms with Gasteiger partial charge < -0.3 is 20.1 Å². The van der Waals surface area contributed by atoms with E-state index in [0.29, 0.717) is 22.3 Å². The second kappa shape index (κ2) is 12.2. The number of rotatable bonds is 10. The van der Waals surface area contributed by atoms with E-state index in [2.05, 4.69) is 10.6 Å². The molecule has 0 saturated carbocycles. The Bertz CT molecular complexity index is 1050. The van der Waals surface area contributed by atoms with Crippen LogP contribution >= 0.6 is 0 Å². The fraction of sp³-hybridized carbons (Fsp3) is 0.462. The van der Waals surface area contributed by atoms with Crippen molar-refractivity contribution < 1.29 is 38.2 Å². The summed E-state index contributed by atoms with van der Waals surface area (Å²) in [4.78, 5) is 74.7. The summed E-state index contributed by atoms with van der Waals surface area (Å²) in [5.74, 6) is -2.92. The van der Waals surface area contributed by atoms with E-state index in [0.717, 1.165) is 0 Å². The Kier molecular flexibility index (Phi) is 9.66. The van der Waals surface area contributed by atoms with Crippen LogP contribution in [0.2, 0.25) is 0 Å². The molecule has 10 nitrogen and oxygen atoms in total. The number of amides is 2. The molecule has 2 amide bonds. The first kappa shape index (κ1) is 28.4. The van der Waals surface area contributed by atoms with Crippen LogP contribution < -0.4 is 10.6 Å². The topological polar surface area (TPSA) is 145 Å². The molecule has 1 aromatic carbocycles. The van der Waals surface area contributed by atoms with Gasteiger partial charge in [-0.2, -0.15) is 0 Å². The molecular weight excluding hydrogens is 468 g/mol. The van der Waals surface area contributed by atoms with Gasteiger partial charge in [-0.1, -0.05) is 0 Å². The highest BCUT2D eigenvalue weighted by Crippen LogP contribution is 2.30. The van der Waals surface area contributed by atoms with Crippen molar-refractivity contribution in [2.24, 2.45) is 0 Å². The third-order valence-electron chi connectivity index (χ3n) is 5.82. The number of hydrogen-bond donors (Lipinski definition) is 2. The molecule has 0 unspecified atom stereocenters. The average molecular weight is 501 g/mol. The van der Waals surface area contributed by atoms with Crippen LogP contribution in [0.25, 0.3) is 0 Å². The molecule has 0 bridgehead atoms. The average Bonchev–Trinajstić information content (AvgIpc) is 2.80. The molecule has 1 aromatic rings. The lowest BCUT2D eigenvalue weighted by molar-refractivity contribution is -0.147. The number of hydrogen-bond acceptors (Lipinski definition) is 8. The maximum absolute atomic E-state index is 13.0. The van der Waals surface area contributed by atoms with E-state index in [1.807, 2.05) is 0 Å². The fourth-order valence-corrected chi connectivity index (χ4v) is 3.99. The van der Waals surface area contributed by atoms with Crippen molar-refractivity contribution in [2.75, 3.05) is 13.2 Å². The number of ketones is 2. The first-order valence-electron chi connectivity index (χ1n) is 11.7. The molecule has 10 heteroatoms. The minimum Gasteiger partial charge on any atom is -0.464 e. The van der Waals surface area contributed by atoms with Gasteiger partial charge in [0.05, 0.1) is 13.2 Å². The Morgan fingerprint density at radius 1 is 0.722 bits per heavy atom. The normalized spacial score (nSPS) is 14.5. The Balaban J connectivity index is 2.66. The summed E-state index contributed by atoms with van der Waals surface area (Å²) in [6.07, 6.45) is -0.139. The molecule has 0 radical (unpaired) electrons. The van der Waals surface area contributed by atoms with E-state index in [-0.39, 0.29) is 48.7 Å². The predicted octanol–water partition coefficient (Wildman–Crippen LogP) is 1.62. The molecule has 0 aliphatic heterocycles. The van der Waals surface area contributed by atoms with E-state index in [1.165, 1.54) is 26.0 Å². The molecule has 0 heterocycles. The number of allylic oxidation sites excluding steroid dienone is 2. The van der Waals surface area contributed by atoms with Crippen molar-refractivity contribution >= 4 is 35.3 Å². The molecule has 36 heavy (non-hydrogen) atoms. The van der Waals surface area contributed by atoms with Gasteiger partial charge in [0.1, 0.15) is 12.1 Å². The minimum atomic E-state index is -1.08. The second-order valence-electron chi connectivity index (χ2n) is 8.49. The Morgan fingerprint density at radius 3 is 1.33 bits per heavy atom. The van der Waals surface area contributed by atoms with Gasteiger partial charge in [0.25, 0.3) is 0 Å². The van der Waals surface area contributed by atoms with E-state index in [1.54, 1.807) is 27.7 Å². The van der Waals surface area contributed by atoms with Crippen LogP contribution in [0.3, 0.4) is 0 Å². The SMILES string of the molecule is CCOC(=O)[C@H](Cc1cc2c(cc1C[C@@H](NC(C)=O)C(=O)OCC)C(=O)C(C)=C(C)C2=O)NC(C)=O. The van der Waals surface area contributed by atoms with Crippen molar-refractivity contribution in [3.63, 3.8) is 0 Å². The van der Waals surface area contributed by atoms with Gasteiger partial charge in [0.2, 0.25) is 11.8 Å². The summed E-state index contributed by atoms with van der Waals surface area (Å²) in [5, 5.41) is 5.10. The fourth-order valence-electron chi connectivity index (χ4n) is 3.99. The van der Waals surface area contributed by atoms with Crippen molar-refractivity contribution in [3.05, 3.63) is 45.5 Å². The molecule has 0 fully saturated rings.